The molecule has 2 unspecified atom stereocenters. The maximum Gasteiger partial charge on any atom is 0.335 e. The summed E-state index contributed by atoms with van der Waals surface area (Å²) in [6.45, 7) is 6.49. The lowest BCUT2D eigenvalue weighted by Crippen LogP contribution is -2.05. The predicted octanol–water partition coefficient (Wildman–Crippen LogP) is 3.83. The predicted molar refractivity (Wildman–Crippen MR) is 78.2 cm³/mol. The van der Waals surface area contributed by atoms with Gasteiger partial charge in [0.25, 0.3) is 0 Å². The first-order valence-corrected chi connectivity index (χ1v) is 7.28. The van der Waals surface area contributed by atoms with E-state index in [1.165, 1.54) is 12.8 Å². The van der Waals surface area contributed by atoms with E-state index < -0.39 is 5.97 Å². The summed E-state index contributed by atoms with van der Waals surface area (Å²) >= 11 is 0. The summed E-state index contributed by atoms with van der Waals surface area (Å²) in [6, 6.07) is 5.72. The average Bonchev–Trinajstić information content (AvgIpc) is 3.09. The van der Waals surface area contributed by atoms with E-state index in [2.05, 4.69) is 25.3 Å². The number of rotatable bonds is 4. The highest BCUT2D eigenvalue weighted by Gasteiger charge is 2.39. The van der Waals surface area contributed by atoms with Crippen LogP contribution in [0.25, 0.3) is 11.0 Å². The van der Waals surface area contributed by atoms with Crippen LogP contribution in [0, 0.1) is 5.92 Å². The van der Waals surface area contributed by atoms with Crippen molar-refractivity contribution in [2.75, 3.05) is 0 Å². The molecule has 3 rings (SSSR count). The first-order chi connectivity index (χ1) is 9.52. The minimum Gasteiger partial charge on any atom is -0.478 e. The molecule has 4 nitrogen and oxygen atoms in total. The van der Waals surface area contributed by atoms with E-state index in [4.69, 9.17) is 4.98 Å². The summed E-state index contributed by atoms with van der Waals surface area (Å²) in [5.74, 6) is 1.24. The second-order valence-corrected chi connectivity index (χ2v) is 5.97. The molecule has 1 aliphatic rings. The van der Waals surface area contributed by atoms with Gasteiger partial charge in [0.15, 0.2) is 0 Å². The third-order valence-corrected chi connectivity index (χ3v) is 4.22. The summed E-state index contributed by atoms with van der Waals surface area (Å²) in [5, 5.41) is 9.17. The topological polar surface area (TPSA) is 55.1 Å². The van der Waals surface area contributed by atoms with Crippen molar-refractivity contribution in [2.45, 2.75) is 45.6 Å². The van der Waals surface area contributed by atoms with Gasteiger partial charge in [0.2, 0.25) is 0 Å². The zero-order valence-electron chi connectivity index (χ0n) is 12.1. The second-order valence-electron chi connectivity index (χ2n) is 5.97. The lowest BCUT2D eigenvalue weighted by Gasteiger charge is -2.11. The molecule has 0 radical (unpaired) electrons. The highest BCUT2D eigenvalue weighted by molar-refractivity contribution is 5.92. The number of carboxylic acid groups (broad SMARTS) is 1. The van der Waals surface area contributed by atoms with Crippen LogP contribution in [0.2, 0.25) is 0 Å². The number of carbonyl (C=O) groups is 1. The molecular weight excluding hydrogens is 252 g/mol. The number of fused-ring (bicyclic) bond motifs is 1. The van der Waals surface area contributed by atoms with Gasteiger partial charge in [0.1, 0.15) is 5.82 Å². The number of hydrogen-bond donors (Lipinski definition) is 1. The lowest BCUT2D eigenvalue weighted by molar-refractivity contribution is 0.0697. The average molecular weight is 272 g/mol. The summed E-state index contributed by atoms with van der Waals surface area (Å²) in [5.41, 5.74) is 2.21. The fraction of sp³-hybridized carbons (Fsp3) is 0.500. The first-order valence-electron chi connectivity index (χ1n) is 7.28. The Hall–Kier alpha value is -1.84. The molecule has 1 aromatic heterocycles. The van der Waals surface area contributed by atoms with E-state index >= 15 is 0 Å². The number of imidazole rings is 1. The summed E-state index contributed by atoms with van der Waals surface area (Å²) < 4.78 is 2.28. The van der Waals surface area contributed by atoms with Gasteiger partial charge in [-0.05, 0) is 30.5 Å². The van der Waals surface area contributed by atoms with Gasteiger partial charge >= 0.3 is 5.97 Å². The van der Waals surface area contributed by atoms with Crippen molar-refractivity contribution in [1.29, 1.82) is 0 Å². The van der Waals surface area contributed by atoms with Crippen LogP contribution in [0.15, 0.2) is 18.2 Å². The van der Waals surface area contributed by atoms with Crippen molar-refractivity contribution in [3.8, 4) is 0 Å². The molecular formula is C16H20N2O2. The van der Waals surface area contributed by atoms with Gasteiger partial charge < -0.3 is 9.67 Å². The van der Waals surface area contributed by atoms with Crippen LogP contribution in [-0.4, -0.2) is 20.6 Å². The maximum atomic E-state index is 11.2. The number of carboxylic acids is 1. The van der Waals surface area contributed by atoms with Crippen LogP contribution < -0.4 is 0 Å². The quantitative estimate of drug-likeness (QED) is 0.920. The van der Waals surface area contributed by atoms with E-state index in [1.807, 2.05) is 6.07 Å². The monoisotopic (exact) mass is 272 g/mol. The van der Waals surface area contributed by atoms with E-state index in [1.54, 1.807) is 12.1 Å². The highest BCUT2D eigenvalue weighted by atomic mass is 16.4. The van der Waals surface area contributed by atoms with Gasteiger partial charge in [-0.25, -0.2) is 9.78 Å². The molecule has 0 saturated heterocycles. The summed E-state index contributed by atoms with van der Waals surface area (Å²) in [4.78, 5) is 15.9. The molecule has 1 fully saturated rings. The van der Waals surface area contributed by atoms with Gasteiger partial charge in [-0.1, -0.05) is 27.2 Å². The molecule has 20 heavy (non-hydrogen) atoms. The number of aromatic nitrogens is 2. The molecule has 1 heterocycles. The minimum absolute atomic E-state index is 0.336. The van der Waals surface area contributed by atoms with Gasteiger partial charge in [-0.3, -0.25) is 0 Å². The Kier molecular flexibility index (Phi) is 3.04. The lowest BCUT2D eigenvalue weighted by atomic mass is 10.2. The SMILES string of the molecule is CCC1CC1n1c(C(C)C)nc2ccc(C(=O)O)cc21. The standard InChI is InChI=1S/C16H20N2O2/c1-4-10-7-13(10)18-14-8-11(16(19)20)5-6-12(14)17-15(18)9(2)3/h5-6,8-10,13H,4,7H2,1-3H3,(H,19,20). The van der Waals surface area contributed by atoms with Crippen LogP contribution >= 0.6 is 0 Å². The van der Waals surface area contributed by atoms with E-state index in [9.17, 15) is 9.90 Å². The Balaban J connectivity index is 2.19. The van der Waals surface area contributed by atoms with Crippen LogP contribution in [-0.2, 0) is 0 Å². The van der Waals surface area contributed by atoms with Crippen molar-refractivity contribution in [1.82, 2.24) is 9.55 Å². The molecule has 1 N–H and O–H groups in total. The van der Waals surface area contributed by atoms with Gasteiger partial charge in [-0.2, -0.15) is 0 Å². The first kappa shape index (κ1) is 13.2. The van der Waals surface area contributed by atoms with Crippen LogP contribution in [0.3, 0.4) is 0 Å². The molecule has 1 aliphatic carbocycles. The molecule has 4 heteroatoms. The smallest absolute Gasteiger partial charge is 0.335 e. The Morgan fingerprint density at radius 2 is 2.25 bits per heavy atom. The van der Waals surface area contributed by atoms with Crippen molar-refractivity contribution in [3.63, 3.8) is 0 Å². The molecule has 0 amide bonds. The second kappa shape index (κ2) is 4.62. The fourth-order valence-electron chi connectivity index (χ4n) is 2.99. The molecule has 2 aromatic rings. The third kappa shape index (κ3) is 1.99. The number of benzene rings is 1. The molecule has 0 aliphatic heterocycles. The van der Waals surface area contributed by atoms with E-state index in [0.29, 0.717) is 23.4 Å². The van der Waals surface area contributed by atoms with Crippen LogP contribution in [0.4, 0.5) is 0 Å². The molecule has 1 aromatic carbocycles. The van der Waals surface area contributed by atoms with Crippen molar-refractivity contribution in [2.24, 2.45) is 5.92 Å². The molecule has 1 saturated carbocycles. The van der Waals surface area contributed by atoms with E-state index in [-0.39, 0.29) is 0 Å². The Morgan fingerprint density at radius 1 is 1.50 bits per heavy atom. The summed E-state index contributed by atoms with van der Waals surface area (Å²) in [7, 11) is 0. The maximum absolute atomic E-state index is 11.2. The highest BCUT2D eigenvalue weighted by Crippen LogP contribution is 2.48. The Bertz CT molecular complexity index is 672. The third-order valence-electron chi connectivity index (χ3n) is 4.22. The van der Waals surface area contributed by atoms with E-state index in [0.717, 1.165) is 16.9 Å². The summed E-state index contributed by atoms with van der Waals surface area (Å²) in [6.07, 6.45) is 2.35. The van der Waals surface area contributed by atoms with Gasteiger partial charge in [0, 0.05) is 12.0 Å². The largest absolute Gasteiger partial charge is 0.478 e. The molecule has 0 bridgehead atoms. The number of aromatic carboxylic acids is 1. The van der Waals surface area contributed by atoms with Crippen LogP contribution in [0.1, 0.15) is 61.8 Å². The minimum atomic E-state index is -0.881. The number of nitrogens with zero attached hydrogens (tertiary/aromatic N) is 2. The fourth-order valence-corrected chi connectivity index (χ4v) is 2.99. The normalized spacial score (nSPS) is 21.6. The number of hydrogen-bond acceptors (Lipinski definition) is 2. The van der Waals surface area contributed by atoms with Gasteiger partial charge in [0.05, 0.1) is 16.6 Å². The molecule has 2 atom stereocenters. The van der Waals surface area contributed by atoms with Gasteiger partial charge in [-0.15, -0.1) is 0 Å². The van der Waals surface area contributed by atoms with Crippen molar-refractivity contribution in [3.05, 3.63) is 29.6 Å². The molecule has 106 valence electrons. The Morgan fingerprint density at radius 3 is 2.80 bits per heavy atom. The van der Waals surface area contributed by atoms with Crippen molar-refractivity contribution >= 4 is 17.0 Å². The van der Waals surface area contributed by atoms with Crippen LogP contribution in [0.5, 0.6) is 0 Å². The zero-order chi connectivity index (χ0) is 14.4. The zero-order valence-corrected chi connectivity index (χ0v) is 12.1. The van der Waals surface area contributed by atoms with Crippen molar-refractivity contribution < 1.29 is 9.90 Å². The molecule has 0 spiro atoms. The Labute approximate surface area is 118 Å².